The van der Waals surface area contributed by atoms with Gasteiger partial charge in [-0.1, -0.05) is 19.9 Å². The van der Waals surface area contributed by atoms with Crippen LogP contribution in [0, 0.1) is 0 Å². The summed E-state index contributed by atoms with van der Waals surface area (Å²) in [4.78, 5) is 0.270. The molecule has 0 bridgehead atoms. The van der Waals surface area contributed by atoms with Gasteiger partial charge in [0.15, 0.2) is 0 Å². The van der Waals surface area contributed by atoms with Crippen molar-refractivity contribution in [2.45, 2.75) is 56.1 Å². The molecule has 6 heteroatoms. The zero-order valence-electron chi connectivity index (χ0n) is 12.4. The van der Waals surface area contributed by atoms with Crippen molar-refractivity contribution in [2.75, 3.05) is 6.54 Å². The first-order valence-electron chi connectivity index (χ1n) is 7.46. The van der Waals surface area contributed by atoms with Gasteiger partial charge in [0.05, 0.1) is 0 Å². The standard InChI is InChI=1S/C15H22N2O3S/c1-9(2)10-5-11-6-13(8-16)20-15(11)14(7-10)21(18,19)17-12-3-4-12/h5,7,9,12-13,17H,3-4,6,8,16H2,1-2H3. The Morgan fingerprint density at radius 2 is 2.10 bits per heavy atom. The highest BCUT2D eigenvalue weighted by Crippen LogP contribution is 2.38. The van der Waals surface area contributed by atoms with Gasteiger partial charge >= 0.3 is 0 Å². The monoisotopic (exact) mass is 310 g/mol. The number of sulfonamides is 1. The fourth-order valence-corrected chi connectivity index (χ4v) is 4.09. The van der Waals surface area contributed by atoms with Crippen LogP contribution in [-0.4, -0.2) is 27.1 Å². The third-order valence-electron chi connectivity index (χ3n) is 4.00. The second-order valence-corrected chi connectivity index (χ2v) is 7.92. The van der Waals surface area contributed by atoms with Crippen molar-refractivity contribution in [1.82, 2.24) is 4.72 Å². The van der Waals surface area contributed by atoms with E-state index in [1.54, 1.807) is 6.07 Å². The van der Waals surface area contributed by atoms with Gasteiger partial charge in [-0.15, -0.1) is 0 Å². The zero-order valence-corrected chi connectivity index (χ0v) is 13.2. The summed E-state index contributed by atoms with van der Waals surface area (Å²) in [5.41, 5.74) is 7.64. The zero-order chi connectivity index (χ0) is 15.2. The number of ether oxygens (including phenoxy) is 1. The molecule has 1 heterocycles. The first-order chi connectivity index (χ1) is 9.90. The predicted molar refractivity (Wildman–Crippen MR) is 81.0 cm³/mol. The van der Waals surface area contributed by atoms with Gasteiger partial charge in [-0.05, 0) is 36.0 Å². The first-order valence-corrected chi connectivity index (χ1v) is 8.95. The molecule has 21 heavy (non-hydrogen) atoms. The second kappa shape index (κ2) is 5.26. The van der Waals surface area contributed by atoms with Crippen molar-refractivity contribution >= 4 is 10.0 Å². The van der Waals surface area contributed by atoms with E-state index in [9.17, 15) is 8.42 Å². The topological polar surface area (TPSA) is 81.4 Å². The lowest BCUT2D eigenvalue weighted by molar-refractivity contribution is 0.236. The Morgan fingerprint density at radius 1 is 1.38 bits per heavy atom. The van der Waals surface area contributed by atoms with Crippen LogP contribution >= 0.6 is 0 Å². The summed E-state index contributed by atoms with van der Waals surface area (Å²) in [5, 5.41) is 0. The van der Waals surface area contributed by atoms with Crippen molar-refractivity contribution in [3.8, 4) is 5.75 Å². The summed E-state index contributed by atoms with van der Waals surface area (Å²) in [6.07, 6.45) is 2.38. The SMILES string of the molecule is CC(C)c1cc2c(c(S(=O)(=O)NC3CC3)c1)OC(CN)C2. The average molecular weight is 310 g/mol. The molecule has 0 saturated heterocycles. The van der Waals surface area contributed by atoms with E-state index in [1.165, 1.54) is 0 Å². The van der Waals surface area contributed by atoms with Crippen LogP contribution in [-0.2, 0) is 16.4 Å². The first kappa shape index (κ1) is 14.8. The van der Waals surface area contributed by atoms with Gasteiger partial charge in [-0.2, -0.15) is 0 Å². The second-order valence-electron chi connectivity index (χ2n) is 6.24. The van der Waals surface area contributed by atoms with Gasteiger partial charge in [-0.25, -0.2) is 13.1 Å². The van der Waals surface area contributed by atoms with Crippen LogP contribution in [0.25, 0.3) is 0 Å². The van der Waals surface area contributed by atoms with Crippen LogP contribution in [0.4, 0.5) is 0 Å². The minimum Gasteiger partial charge on any atom is -0.487 e. The molecular formula is C15H22N2O3S. The van der Waals surface area contributed by atoms with Gasteiger partial charge in [0.1, 0.15) is 16.7 Å². The maximum absolute atomic E-state index is 12.6. The van der Waals surface area contributed by atoms with Crippen LogP contribution in [0.2, 0.25) is 0 Å². The van der Waals surface area contributed by atoms with Crippen LogP contribution in [0.15, 0.2) is 17.0 Å². The number of fused-ring (bicyclic) bond motifs is 1. The van der Waals surface area contributed by atoms with E-state index in [1.807, 2.05) is 6.07 Å². The molecule has 3 N–H and O–H groups in total. The van der Waals surface area contributed by atoms with E-state index in [2.05, 4.69) is 18.6 Å². The number of hydrogen-bond donors (Lipinski definition) is 2. The Kier molecular flexibility index (Phi) is 3.71. The quantitative estimate of drug-likeness (QED) is 0.864. The molecule has 1 aliphatic carbocycles. The normalized spacial score (nSPS) is 21.4. The molecule has 1 unspecified atom stereocenters. The summed E-state index contributed by atoms with van der Waals surface area (Å²) < 4.78 is 33.7. The maximum atomic E-state index is 12.6. The molecule has 2 aliphatic rings. The van der Waals surface area contributed by atoms with Crippen molar-refractivity contribution < 1.29 is 13.2 Å². The molecule has 1 aromatic carbocycles. The largest absolute Gasteiger partial charge is 0.487 e. The van der Waals surface area contributed by atoms with Crippen LogP contribution < -0.4 is 15.2 Å². The van der Waals surface area contributed by atoms with Gasteiger partial charge in [0.2, 0.25) is 10.0 Å². The van der Waals surface area contributed by atoms with Crippen LogP contribution in [0.3, 0.4) is 0 Å². The Morgan fingerprint density at radius 3 is 2.67 bits per heavy atom. The summed E-state index contributed by atoms with van der Waals surface area (Å²) >= 11 is 0. The van der Waals surface area contributed by atoms with Gasteiger partial charge in [-0.3, -0.25) is 0 Å². The highest BCUT2D eigenvalue weighted by molar-refractivity contribution is 7.89. The number of hydrogen-bond acceptors (Lipinski definition) is 4. The van der Waals surface area contributed by atoms with E-state index in [4.69, 9.17) is 10.5 Å². The van der Waals surface area contributed by atoms with E-state index < -0.39 is 10.0 Å². The van der Waals surface area contributed by atoms with Crippen molar-refractivity contribution in [3.63, 3.8) is 0 Å². The molecule has 0 aromatic heterocycles. The number of nitrogens with two attached hydrogens (primary N) is 1. The molecular weight excluding hydrogens is 288 g/mol. The third kappa shape index (κ3) is 2.93. The number of rotatable bonds is 5. The molecule has 1 aromatic rings. The smallest absolute Gasteiger partial charge is 0.244 e. The predicted octanol–water partition coefficient (Wildman–Crippen LogP) is 1.51. The Bertz CT molecular complexity index is 651. The lowest BCUT2D eigenvalue weighted by Crippen LogP contribution is -2.27. The average Bonchev–Trinajstić information content (AvgIpc) is 3.11. The Hall–Kier alpha value is -1.11. The molecule has 5 nitrogen and oxygen atoms in total. The minimum atomic E-state index is -3.53. The molecule has 1 saturated carbocycles. The minimum absolute atomic E-state index is 0.0834. The summed E-state index contributed by atoms with van der Waals surface area (Å²) in [5.74, 6) is 0.755. The molecule has 0 radical (unpaired) electrons. The summed E-state index contributed by atoms with van der Waals surface area (Å²) in [6.45, 7) is 4.51. The molecule has 0 amide bonds. The molecule has 0 spiro atoms. The summed E-state index contributed by atoms with van der Waals surface area (Å²) in [6, 6.07) is 3.87. The van der Waals surface area contributed by atoms with Crippen molar-refractivity contribution in [1.29, 1.82) is 0 Å². The number of benzene rings is 1. The maximum Gasteiger partial charge on any atom is 0.244 e. The van der Waals surface area contributed by atoms with Gasteiger partial charge in [0, 0.05) is 19.0 Å². The highest BCUT2D eigenvalue weighted by Gasteiger charge is 2.34. The highest BCUT2D eigenvalue weighted by atomic mass is 32.2. The molecule has 3 rings (SSSR count). The Balaban J connectivity index is 2.06. The molecule has 1 aliphatic heterocycles. The van der Waals surface area contributed by atoms with E-state index in [0.29, 0.717) is 18.7 Å². The van der Waals surface area contributed by atoms with Gasteiger partial charge in [0.25, 0.3) is 0 Å². The molecule has 1 fully saturated rings. The van der Waals surface area contributed by atoms with Crippen molar-refractivity contribution in [3.05, 3.63) is 23.3 Å². The summed E-state index contributed by atoms with van der Waals surface area (Å²) in [7, 11) is -3.53. The van der Waals surface area contributed by atoms with Gasteiger partial charge < -0.3 is 10.5 Å². The van der Waals surface area contributed by atoms with E-state index in [0.717, 1.165) is 24.0 Å². The number of nitrogens with one attached hydrogen (secondary N) is 1. The fraction of sp³-hybridized carbons (Fsp3) is 0.600. The molecule has 1 atom stereocenters. The lowest BCUT2D eigenvalue weighted by Gasteiger charge is -2.14. The third-order valence-corrected chi connectivity index (χ3v) is 5.53. The van der Waals surface area contributed by atoms with Crippen LogP contribution in [0.1, 0.15) is 43.7 Å². The Labute approximate surface area is 125 Å². The van der Waals surface area contributed by atoms with E-state index in [-0.39, 0.29) is 23.0 Å². The van der Waals surface area contributed by atoms with Crippen molar-refractivity contribution in [2.24, 2.45) is 5.73 Å². The fourth-order valence-electron chi connectivity index (χ4n) is 2.57. The van der Waals surface area contributed by atoms with E-state index >= 15 is 0 Å². The lowest BCUT2D eigenvalue weighted by atomic mass is 9.99. The molecule has 116 valence electrons. The van der Waals surface area contributed by atoms with Crippen LogP contribution in [0.5, 0.6) is 5.75 Å².